The van der Waals surface area contributed by atoms with Crippen molar-refractivity contribution in [2.45, 2.75) is 13.1 Å². The number of imidazole rings is 1. The molecule has 1 aromatic heterocycles. The predicted molar refractivity (Wildman–Crippen MR) is 101 cm³/mol. The van der Waals surface area contributed by atoms with Crippen LogP contribution in [-0.2, 0) is 6.18 Å². The van der Waals surface area contributed by atoms with E-state index in [1.807, 2.05) is 43.3 Å². The average Bonchev–Trinajstić information content (AvgIpc) is 3.10. The van der Waals surface area contributed by atoms with Gasteiger partial charge in [0.05, 0.1) is 28.2 Å². The van der Waals surface area contributed by atoms with Crippen LogP contribution in [0.4, 0.5) is 13.2 Å². The van der Waals surface area contributed by atoms with Crippen LogP contribution < -0.4 is 0 Å². The third kappa shape index (κ3) is 3.23. The van der Waals surface area contributed by atoms with Crippen LogP contribution in [0.1, 0.15) is 16.7 Å². The molecular formula is C22H14F3N3. The number of alkyl halides is 3. The van der Waals surface area contributed by atoms with Gasteiger partial charge in [0, 0.05) is 5.56 Å². The molecule has 0 bridgehead atoms. The number of nitriles is 1. The Labute approximate surface area is 159 Å². The van der Waals surface area contributed by atoms with E-state index >= 15 is 0 Å². The van der Waals surface area contributed by atoms with Crippen molar-refractivity contribution in [2.24, 2.45) is 0 Å². The van der Waals surface area contributed by atoms with E-state index in [1.165, 1.54) is 6.07 Å². The van der Waals surface area contributed by atoms with Crippen LogP contribution >= 0.6 is 0 Å². The molecule has 0 radical (unpaired) electrons. The van der Waals surface area contributed by atoms with E-state index in [9.17, 15) is 13.2 Å². The fourth-order valence-electron chi connectivity index (χ4n) is 3.18. The lowest BCUT2D eigenvalue weighted by molar-refractivity contribution is -0.137. The second-order valence-corrected chi connectivity index (χ2v) is 6.53. The highest BCUT2D eigenvalue weighted by atomic mass is 19.4. The molecule has 0 aliphatic carbocycles. The third-order valence-corrected chi connectivity index (χ3v) is 4.64. The quantitative estimate of drug-likeness (QED) is 0.459. The number of hydrogen-bond donors (Lipinski definition) is 1. The van der Waals surface area contributed by atoms with Crippen LogP contribution in [0.25, 0.3) is 33.5 Å². The highest BCUT2D eigenvalue weighted by Gasteiger charge is 2.30. The summed E-state index contributed by atoms with van der Waals surface area (Å²) in [7, 11) is 0. The number of fused-ring (bicyclic) bond motifs is 1. The number of halogens is 3. The molecule has 0 spiro atoms. The van der Waals surface area contributed by atoms with Crippen molar-refractivity contribution in [1.82, 2.24) is 9.97 Å². The van der Waals surface area contributed by atoms with E-state index in [0.717, 1.165) is 34.4 Å². The van der Waals surface area contributed by atoms with Crippen LogP contribution in [0.15, 0.2) is 60.7 Å². The lowest BCUT2D eigenvalue weighted by Gasteiger charge is -2.07. The van der Waals surface area contributed by atoms with Crippen molar-refractivity contribution in [3.05, 3.63) is 77.4 Å². The van der Waals surface area contributed by atoms with E-state index < -0.39 is 11.7 Å². The van der Waals surface area contributed by atoms with Crippen molar-refractivity contribution in [1.29, 1.82) is 5.26 Å². The zero-order valence-corrected chi connectivity index (χ0v) is 14.8. The minimum absolute atomic E-state index is 0.275. The number of aryl methyl sites for hydroxylation is 1. The number of aromatic nitrogens is 2. The summed E-state index contributed by atoms with van der Waals surface area (Å²) in [6.45, 7) is 1.95. The van der Waals surface area contributed by atoms with Crippen molar-refractivity contribution in [3.63, 3.8) is 0 Å². The van der Waals surface area contributed by atoms with Crippen LogP contribution in [0.2, 0.25) is 0 Å². The maximum absolute atomic E-state index is 12.9. The van der Waals surface area contributed by atoms with Crippen LogP contribution in [0.5, 0.6) is 0 Å². The van der Waals surface area contributed by atoms with Crippen molar-refractivity contribution >= 4 is 11.0 Å². The Morgan fingerprint density at radius 2 is 1.64 bits per heavy atom. The summed E-state index contributed by atoms with van der Waals surface area (Å²) in [4.78, 5) is 7.37. The molecule has 3 nitrogen and oxygen atoms in total. The van der Waals surface area contributed by atoms with Gasteiger partial charge >= 0.3 is 6.18 Å². The summed E-state index contributed by atoms with van der Waals surface area (Å²) >= 11 is 0. The SMILES string of the molecule is Cc1cc(C#N)ccc1-c1ccc(-c2nc3cc(C(F)(F)F)ccc3[nH]2)cc1. The summed E-state index contributed by atoms with van der Waals surface area (Å²) in [5.74, 6) is 0.512. The molecule has 4 aromatic rings. The van der Waals surface area contributed by atoms with Gasteiger partial charge in [0.2, 0.25) is 0 Å². The molecule has 0 amide bonds. The normalized spacial score (nSPS) is 11.5. The highest BCUT2D eigenvalue weighted by Crippen LogP contribution is 2.32. The van der Waals surface area contributed by atoms with Crippen LogP contribution in [-0.4, -0.2) is 9.97 Å². The topological polar surface area (TPSA) is 52.5 Å². The zero-order chi connectivity index (χ0) is 19.9. The molecule has 0 aliphatic heterocycles. The Bertz CT molecular complexity index is 1210. The van der Waals surface area contributed by atoms with Gasteiger partial charge in [-0.15, -0.1) is 0 Å². The number of benzene rings is 3. The monoisotopic (exact) mass is 377 g/mol. The number of nitrogens with zero attached hydrogens (tertiary/aromatic N) is 2. The number of rotatable bonds is 2. The van der Waals surface area contributed by atoms with Gasteiger partial charge in [-0.25, -0.2) is 4.98 Å². The average molecular weight is 377 g/mol. The molecule has 3 aromatic carbocycles. The van der Waals surface area contributed by atoms with Gasteiger partial charge in [0.15, 0.2) is 0 Å². The highest BCUT2D eigenvalue weighted by molar-refractivity contribution is 5.81. The maximum atomic E-state index is 12.9. The predicted octanol–water partition coefficient (Wildman–Crippen LogP) is 6.10. The van der Waals surface area contributed by atoms with Gasteiger partial charge in [-0.3, -0.25) is 0 Å². The first-order valence-electron chi connectivity index (χ1n) is 8.54. The van der Waals surface area contributed by atoms with Gasteiger partial charge < -0.3 is 4.98 Å². The lowest BCUT2D eigenvalue weighted by Crippen LogP contribution is -2.04. The van der Waals surface area contributed by atoms with E-state index in [4.69, 9.17) is 5.26 Å². The fourth-order valence-corrected chi connectivity index (χ4v) is 3.18. The number of aromatic amines is 1. The number of nitrogens with one attached hydrogen (secondary N) is 1. The Kier molecular flexibility index (Phi) is 4.16. The van der Waals surface area contributed by atoms with Crippen LogP contribution in [0, 0.1) is 18.3 Å². The summed E-state index contributed by atoms with van der Waals surface area (Å²) in [6.07, 6.45) is -4.39. The van der Waals surface area contributed by atoms with E-state index in [2.05, 4.69) is 16.0 Å². The first-order chi connectivity index (χ1) is 13.3. The van der Waals surface area contributed by atoms with Crippen LogP contribution in [0.3, 0.4) is 0 Å². The van der Waals surface area contributed by atoms with Gasteiger partial charge in [-0.2, -0.15) is 18.4 Å². The molecule has 0 unspecified atom stereocenters. The van der Waals surface area contributed by atoms with Crippen molar-refractivity contribution in [2.75, 3.05) is 0 Å². The lowest BCUT2D eigenvalue weighted by atomic mass is 9.98. The smallest absolute Gasteiger partial charge is 0.338 e. The molecule has 0 fully saturated rings. The van der Waals surface area contributed by atoms with E-state index in [0.29, 0.717) is 16.9 Å². The molecule has 28 heavy (non-hydrogen) atoms. The first-order valence-corrected chi connectivity index (χ1v) is 8.54. The first kappa shape index (κ1) is 17.8. The van der Waals surface area contributed by atoms with E-state index in [1.54, 1.807) is 6.07 Å². The van der Waals surface area contributed by atoms with E-state index in [-0.39, 0.29) is 5.52 Å². The molecule has 0 saturated carbocycles. The third-order valence-electron chi connectivity index (χ3n) is 4.64. The Morgan fingerprint density at radius 1 is 0.929 bits per heavy atom. The summed E-state index contributed by atoms with van der Waals surface area (Å²) in [6, 6.07) is 18.7. The van der Waals surface area contributed by atoms with Crippen molar-refractivity contribution in [3.8, 4) is 28.6 Å². The molecule has 0 atom stereocenters. The van der Waals surface area contributed by atoms with Gasteiger partial charge in [0.1, 0.15) is 5.82 Å². The summed E-state index contributed by atoms with van der Waals surface area (Å²) in [5.41, 5.74) is 4.50. The van der Waals surface area contributed by atoms with Gasteiger partial charge in [0.25, 0.3) is 0 Å². The zero-order valence-electron chi connectivity index (χ0n) is 14.8. The second kappa shape index (κ2) is 6.54. The van der Waals surface area contributed by atoms with Crippen molar-refractivity contribution < 1.29 is 13.2 Å². The minimum atomic E-state index is -4.39. The molecule has 0 saturated heterocycles. The Hall–Kier alpha value is -3.59. The standard InChI is InChI=1S/C22H14F3N3/c1-13-10-14(12-26)2-8-18(13)15-3-5-16(6-4-15)21-27-19-9-7-17(22(23,24)25)11-20(19)28-21/h2-11H,1H3,(H,27,28). The molecule has 1 N–H and O–H groups in total. The maximum Gasteiger partial charge on any atom is 0.416 e. The molecule has 0 aliphatic rings. The second-order valence-electron chi connectivity index (χ2n) is 6.53. The molecular weight excluding hydrogens is 363 g/mol. The molecule has 4 rings (SSSR count). The largest absolute Gasteiger partial charge is 0.416 e. The fraction of sp³-hybridized carbons (Fsp3) is 0.0909. The number of H-pyrrole nitrogens is 1. The minimum Gasteiger partial charge on any atom is -0.338 e. The summed E-state index contributed by atoms with van der Waals surface area (Å²) < 4.78 is 38.6. The molecule has 138 valence electrons. The Morgan fingerprint density at radius 3 is 2.29 bits per heavy atom. The summed E-state index contributed by atoms with van der Waals surface area (Å²) in [5, 5.41) is 8.98. The molecule has 1 heterocycles. The number of hydrogen-bond acceptors (Lipinski definition) is 2. The van der Waals surface area contributed by atoms with Gasteiger partial charge in [-0.05, 0) is 53.9 Å². The Balaban J connectivity index is 1.68. The van der Waals surface area contributed by atoms with Gasteiger partial charge in [-0.1, -0.05) is 30.3 Å². The molecule has 6 heteroatoms.